The highest BCUT2D eigenvalue weighted by molar-refractivity contribution is 9.10. The quantitative estimate of drug-likeness (QED) is 0.929. The lowest BCUT2D eigenvalue weighted by molar-refractivity contribution is 0.581. The molecule has 0 saturated carbocycles. The van der Waals surface area contributed by atoms with Crippen LogP contribution in [0, 0.1) is 6.92 Å². The minimum Gasteiger partial charge on any atom is -0.353 e. The molecule has 2 N–H and O–H groups in total. The van der Waals surface area contributed by atoms with Gasteiger partial charge in [-0.25, -0.2) is 4.98 Å². The molecule has 1 aliphatic heterocycles. The molecule has 1 aromatic rings. The summed E-state index contributed by atoms with van der Waals surface area (Å²) < 4.78 is 1.14. The molecular formula is C13H20BrN3. The summed E-state index contributed by atoms with van der Waals surface area (Å²) in [6.07, 6.45) is 6.70. The van der Waals surface area contributed by atoms with Gasteiger partial charge in [0.05, 0.1) is 4.47 Å². The zero-order chi connectivity index (χ0) is 12.3. The second kappa shape index (κ2) is 5.83. The van der Waals surface area contributed by atoms with E-state index in [-0.39, 0.29) is 0 Å². The van der Waals surface area contributed by atoms with E-state index in [0.29, 0.717) is 6.04 Å². The first kappa shape index (κ1) is 12.8. The van der Waals surface area contributed by atoms with Gasteiger partial charge in [-0.2, -0.15) is 0 Å². The zero-order valence-electron chi connectivity index (χ0n) is 10.3. The normalized spacial score (nSPS) is 19.9. The van der Waals surface area contributed by atoms with E-state index in [9.17, 15) is 0 Å². The van der Waals surface area contributed by atoms with Crippen LogP contribution in [0.25, 0.3) is 0 Å². The number of anilines is 1. The molecule has 0 radical (unpaired) electrons. The van der Waals surface area contributed by atoms with E-state index >= 15 is 0 Å². The first-order valence-corrected chi connectivity index (χ1v) is 7.11. The summed E-state index contributed by atoms with van der Waals surface area (Å²) in [5.74, 6) is 1.10. The molecule has 1 atom stereocenters. The van der Waals surface area contributed by atoms with Crippen LogP contribution in [0.15, 0.2) is 16.7 Å². The Hall–Kier alpha value is -0.610. The molecule has 0 aliphatic carbocycles. The van der Waals surface area contributed by atoms with Crippen molar-refractivity contribution in [3.05, 3.63) is 22.3 Å². The number of nitrogens with zero attached hydrogens (tertiary/aromatic N) is 2. The standard InChI is InChI=1S/C13H20BrN3/c1-10-6-8-16-13(12(10)14)17-9-3-5-11(17)4-2-7-15/h6,8,11H,2-5,7,9,15H2,1H3. The molecular weight excluding hydrogens is 278 g/mol. The van der Waals surface area contributed by atoms with Crippen LogP contribution in [-0.4, -0.2) is 24.1 Å². The lowest BCUT2D eigenvalue weighted by atomic mass is 10.1. The summed E-state index contributed by atoms with van der Waals surface area (Å²) in [4.78, 5) is 6.96. The highest BCUT2D eigenvalue weighted by Crippen LogP contribution is 2.33. The van der Waals surface area contributed by atoms with Gasteiger partial charge in [0.25, 0.3) is 0 Å². The molecule has 2 rings (SSSR count). The van der Waals surface area contributed by atoms with E-state index < -0.39 is 0 Å². The molecule has 2 heterocycles. The van der Waals surface area contributed by atoms with Crippen molar-refractivity contribution in [1.29, 1.82) is 0 Å². The number of aryl methyl sites for hydroxylation is 1. The van der Waals surface area contributed by atoms with Crippen molar-refractivity contribution in [2.24, 2.45) is 5.73 Å². The molecule has 4 heteroatoms. The number of aromatic nitrogens is 1. The van der Waals surface area contributed by atoms with Crippen LogP contribution < -0.4 is 10.6 Å². The molecule has 1 saturated heterocycles. The lowest BCUT2D eigenvalue weighted by Gasteiger charge is -2.27. The van der Waals surface area contributed by atoms with Crippen LogP contribution in [-0.2, 0) is 0 Å². The number of rotatable bonds is 4. The predicted molar refractivity (Wildman–Crippen MR) is 75.3 cm³/mol. The Kier molecular flexibility index (Phi) is 4.40. The van der Waals surface area contributed by atoms with Crippen LogP contribution in [0.4, 0.5) is 5.82 Å². The number of pyridine rings is 1. The average molecular weight is 298 g/mol. The van der Waals surface area contributed by atoms with E-state index in [2.05, 4.69) is 32.7 Å². The van der Waals surface area contributed by atoms with Gasteiger partial charge in [0.15, 0.2) is 0 Å². The average Bonchev–Trinajstić information content (AvgIpc) is 2.78. The fourth-order valence-electron chi connectivity index (χ4n) is 2.49. The fourth-order valence-corrected chi connectivity index (χ4v) is 2.96. The van der Waals surface area contributed by atoms with Crippen molar-refractivity contribution in [2.75, 3.05) is 18.0 Å². The van der Waals surface area contributed by atoms with Crippen molar-refractivity contribution < 1.29 is 0 Å². The summed E-state index contributed by atoms with van der Waals surface area (Å²) in [5, 5.41) is 0. The third kappa shape index (κ3) is 2.80. The number of nitrogens with two attached hydrogens (primary N) is 1. The van der Waals surface area contributed by atoms with Gasteiger partial charge in [0.1, 0.15) is 5.82 Å². The Morgan fingerprint density at radius 3 is 3.18 bits per heavy atom. The molecule has 1 unspecified atom stereocenters. The predicted octanol–water partition coefficient (Wildman–Crippen LogP) is 2.86. The monoisotopic (exact) mass is 297 g/mol. The van der Waals surface area contributed by atoms with E-state index in [1.54, 1.807) is 0 Å². The maximum absolute atomic E-state index is 5.60. The minimum absolute atomic E-state index is 0.615. The van der Waals surface area contributed by atoms with Gasteiger partial charge >= 0.3 is 0 Å². The smallest absolute Gasteiger partial charge is 0.143 e. The van der Waals surface area contributed by atoms with Crippen LogP contribution in [0.2, 0.25) is 0 Å². The second-order valence-electron chi connectivity index (χ2n) is 4.69. The molecule has 94 valence electrons. The molecule has 1 aromatic heterocycles. The first-order chi connectivity index (χ1) is 8.24. The van der Waals surface area contributed by atoms with Crippen molar-refractivity contribution in [2.45, 2.75) is 38.6 Å². The summed E-state index contributed by atoms with van der Waals surface area (Å²) >= 11 is 3.66. The van der Waals surface area contributed by atoms with Crippen LogP contribution >= 0.6 is 15.9 Å². The van der Waals surface area contributed by atoms with Crippen molar-refractivity contribution in [3.63, 3.8) is 0 Å². The minimum atomic E-state index is 0.615. The van der Waals surface area contributed by atoms with E-state index in [0.717, 1.165) is 29.8 Å². The summed E-state index contributed by atoms with van der Waals surface area (Å²) in [6.45, 7) is 4.01. The highest BCUT2D eigenvalue weighted by Gasteiger charge is 2.26. The first-order valence-electron chi connectivity index (χ1n) is 6.32. The summed E-state index contributed by atoms with van der Waals surface area (Å²) in [6, 6.07) is 2.66. The molecule has 1 aliphatic rings. The van der Waals surface area contributed by atoms with Gasteiger partial charge in [-0.05, 0) is 66.7 Å². The maximum Gasteiger partial charge on any atom is 0.143 e. The Labute approximate surface area is 112 Å². The zero-order valence-corrected chi connectivity index (χ0v) is 11.9. The number of hydrogen-bond acceptors (Lipinski definition) is 3. The molecule has 3 nitrogen and oxygen atoms in total. The fraction of sp³-hybridized carbons (Fsp3) is 0.615. The maximum atomic E-state index is 5.60. The van der Waals surface area contributed by atoms with E-state index in [1.807, 2.05) is 12.3 Å². The van der Waals surface area contributed by atoms with Gasteiger partial charge < -0.3 is 10.6 Å². The summed E-state index contributed by atoms with van der Waals surface area (Å²) in [7, 11) is 0. The van der Waals surface area contributed by atoms with Gasteiger partial charge in [0, 0.05) is 18.8 Å². The summed E-state index contributed by atoms with van der Waals surface area (Å²) in [5.41, 5.74) is 6.85. The molecule has 0 aromatic carbocycles. The van der Waals surface area contributed by atoms with Crippen LogP contribution in [0.1, 0.15) is 31.2 Å². The Bertz CT molecular complexity index is 381. The van der Waals surface area contributed by atoms with Crippen molar-refractivity contribution >= 4 is 21.7 Å². The molecule has 1 fully saturated rings. The number of hydrogen-bond donors (Lipinski definition) is 1. The highest BCUT2D eigenvalue weighted by atomic mass is 79.9. The van der Waals surface area contributed by atoms with Crippen LogP contribution in [0.5, 0.6) is 0 Å². The second-order valence-corrected chi connectivity index (χ2v) is 5.48. The van der Waals surface area contributed by atoms with Gasteiger partial charge in [0.2, 0.25) is 0 Å². The topological polar surface area (TPSA) is 42.2 Å². The largest absolute Gasteiger partial charge is 0.353 e. The van der Waals surface area contributed by atoms with Gasteiger partial charge in [-0.3, -0.25) is 0 Å². The van der Waals surface area contributed by atoms with Crippen molar-refractivity contribution in [3.8, 4) is 0 Å². The SMILES string of the molecule is Cc1ccnc(N2CCCC2CCCN)c1Br. The van der Waals surface area contributed by atoms with Gasteiger partial charge in [-0.15, -0.1) is 0 Å². The Morgan fingerprint density at radius 2 is 2.41 bits per heavy atom. The molecule has 0 bridgehead atoms. The van der Waals surface area contributed by atoms with E-state index in [1.165, 1.54) is 24.8 Å². The molecule has 0 spiro atoms. The third-order valence-corrected chi connectivity index (χ3v) is 4.43. The van der Waals surface area contributed by atoms with Crippen molar-refractivity contribution in [1.82, 2.24) is 4.98 Å². The molecule has 0 amide bonds. The van der Waals surface area contributed by atoms with Gasteiger partial charge in [-0.1, -0.05) is 0 Å². The third-order valence-electron chi connectivity index (χ3n) is 3.45. The Balaban J connectivity index is 2.17. The lowest BCUT2D eigenvalue weighted by Crippen LogP contribution is -2.30. The Morgan fingerprint density at radius 1 is 1.59 bits per heavy atom. The molecule has 17 heavy (non-hydrogen) atoms. The number of halogens is 1. The van der Waals surface area contributed by atoms with Crippen LogP contribution in [0.3, 0.4) is 0 Å². The van der Waals surface area contributed by atoms with E-state index in [4.69, 9.17) is 5.73 Å².